The Morgan fingerprint density at radius 1 is 1.50 bits per heavy atom. The molecule has 0 saturated heterocycles. The molecule has 2 aliphatic carbocycles. The van der Waals surface area contributed by atoms with Gasteiger partial charge < -0.3 is 0 Å². The fourth-order valence-corrected chi connectivity index (χ4v) is 3.88. The summed E-state index contributed by atoms with van der Waals surface area (Å²) in [5, 5.41) is 4.72. The van der Waals surface area contributed by atoms with Crippen molar-refractivity contribution in [1.29, 1.82) is 0 Å². The van der Waals surface area contributed by atoms with Crippen molar-refractivity contribution >= 4 is 23.7 Å². The highest BCUT2D eigenvalue weighted by Crippen LogP contribution is 2.66. The van der Waals surface area contributed by atoms with Gasteiger partial charge in [0.2, 0.25) is 5.91 Å². The Labute approximate surface area is 124 Å². The zero-order valence-electron chi connectivity index (χ0n) is 11.6. The molecule has 2 fully saturated rings. The number of hydrogen-bond donors (Lipinski definition) is 1. The molecule has 4 heteroatoms. The first kappa shape index (κ1) is 13.6. The first-order valence-corrected chi connectivity index (χ1v) is 7.57. The fourth-order valence-electron chi connectivity index (χ4n) is 3.68. The number of amides is 1. The van der Waals surface area contributed by atoms with Crippen LogP contribution in [-0.2, 0) is 4.79 Å². The van der Waals surface area contributed by atoms with Gasteiger partial charge >= 0.3 is 0 Å². The van der Waals surface area contributed by atoms with E-state index in [-0.39, 0.29) is 17.2 Å². The van der Waals surface area contributed by atoms with Crippen molar-refractivity contribution < 1.29 is 4.79 Å². The molecule has 1 N–H and O–H groups in total. The molecule has 2 saturated carbocycles. The van der Waals surface area contributed by atoms with Gasteiger partial charge in [0, 0.05) is 10.9 Å². The van der Waals surface area contributed by atoms with Crippen LogP contribution >= 0.6 is 11.6 Å². The molecule has 0 aliphatic heterocycles. The van der Waals surface area contributed by atoms with Crippen molar-refractivity contribution in [2.45, 2.75) is 32.6 Å². The highest BCUT2D eigenvalue weighted by atomic mass is 35.5. The van der Waals surface area contributed by atoms with Gasteiger partial charge in [-0.05, 0) is 41.9 Å². The Bertz CT molecular complexity index is 557. The lowest BCUT2D eigenvalue weighted by atomic mass is 9.90. The molecule has 1 amide bonds. The Hall–Kier alpha value is -1.35. The van der Waals surface area contributed by atoms with Crippen molar-refractivity contribution in [3.63, 3.8) is 0 Å². The van der Waals surface area contributed by atoms with Gasteiger partial charge in [-0.25, -0.2) is 5.43 Å². The third-order valence-corrected chi connectivity index (χ3v) is 5.09. The molecule has 106 valence electrons. The molecule has 0 unspecified atom stereocenters. The lowest BCUT2D eigenvalue weighted by Crippen LogP contribution is -2.22. The van der Waals surface area contributed by atoms with Crippen molar-refractivity contribution in [1.82, 2.24) is 5.43 Å². The largest absolute Gasteiger partial charge is 0.273 e. The third-order valence-electron chi connectivity index (χ3n) is 4.85. The minimum atomic E-state index is 0.0673. The topological polar surface area (TPSA) is 41.5 Å². The lowest BCUT2D eigenvalue weighted by Gasteiger charge is -2.15. The van der Waals surface area contributed by atoms with Gasteiger partial charge in [-0.1, -0.05) is 43.5 Å². The zero-order chi connectivity index (χ0) is 14.2. The number of hydrogen-bond acceptors (Lipinski definition) is 2. The molecule has 0 aromatic heterocycles. The average molecular weight is 291 g/mol. The second kappa shape index (κ2) is 5.21. The Morgan fingerprint density at radius 2 is 2.35 bits per heavy atom. The molecule has 20 heavy (non-hydrogen) atoms. The van der Waals surface area contributed by atoms with E-state index in [4.69, 9.17) is 11.6 Å². The van der Waals surface area contributed by atoms with Crippen LogP contribution in [0.4, 0.5) is 0 Å². The second-order valence-corrected chi connectivity index (χ2v) is 6.56. The molecular formula is C16H19ClN2O. The molecule has 1 aromatic rings. The Kier molecular flexibility index (Phi) is 3.55. The average Bonchev–Trinajstić information content (AvgIpc) is 3.04. The van der Waals surface area contributed by atoms with E-state index in [0.717, 1.165) is 5.56 Å². The minimum Gasteiger partial charge on any atom is -0.273 e. The molecule has 0 radical (unpaired) electrons. The van der Waals surface area contributed by atoms with Crippen molar-refractivity contribution in [3.8, 4) is 0 Å². The molecule has 3 rings (SSSR count). The summed E-state index contributed by atoms with van der Waals surface area (Å²) in [7, 11) is 0. The van der Waals surface area contributed by atoms with Gasteiger partial charge in [0.15, 0.2) is 0 Å². The highest BCUT2D eigenvalue weighted by molar-refractivity contribution is 6.30. The number of benzene rings is 1. The quantitative estimate of drug-likeness (QED) is 0.670. The maximum absolute atomic E-state index is 12.2. The number of carbonyl (C=O) groups excluding carboxylic acids is 1. The monoisotopic (exact) mass is 290 g/mol. The van der Waals surface area contributed by atoms with Gasteiger partial charge in [-0.15, -0.1) is 0 Å². The van der Waals surface area contributed by atoms with Crippen LogP contribution < -0.4 is 5.43 Å². The van der Waals surface area contributed by atoms with E-state index in [0.29, 0.717) is 10.9 Å². The summed E-state index contributed by atoms with van der Waals surface area (Å²) in [4.78, 5) is 12.2. The summed E-state index contributed by atoms with van der Waals surface area (Å²) in [5.74, 6) is 0.789. The van der Waals surface area contributed by atoms with Crippen LogP contribution in [0.25, 0.3) is 0 Å². The molecule has 0 bridgehead atoms. The van der Waals surface area contributed by atoms with Crippen LogP contribution in [0.2, 0.25) is 5.02 Å². The summed E-state index contributed by atoms with van der Waals surface area (Å²) >= 11 is 5.90. The van der Waals surface area contributed by atoms with E-state index in [1.807, 2.05) is 24.3 Å². The number of hydrazone groups is 1. The van der Waals surface area contributed by atoms with E-state index < -0.39 is 0 Å². The van der Waals surface area contributed by atoms with Crippen LogP contribution in [0.1, 0.15) is 38.2 Å². The summed E-state index contributed by atoms with van der Waals surface area (Å²) < 4.78 is 0. The summed E-state index contributed by atoms with van der Waals surface area (Å²) in [5.41, 5.74) is 3.80. The number of fused-ring (bicyclic) bond motifs is 1. The van der Waals surface area contributed by atoms with Crippen LogP contribution in [0.3, 0.4) is 0 Å². The van der Waals surface area contributed by atoms with E-state index in [2.05, 4.69) is 17.5 Å². The van der Waals surface area contributed by atoms with Crippen LogP contribution in [0, 0.1) is 17.3 Å². The van der Waals surface area contributed by atoms with E-state index >= 15 is 0 Å². The first-order valence-electron chi connectivity index (χ1n) is 7.20. The van der Waals surface area contributed by atoms with Crippen LogP contribution in [0.5, 0.6) is 0 Å². The SMILES string of the molecule is C[C@]12CCCC[C@@H]1[C@@H]2C(=O)N/N=C\c1cccc(Cl)c1. The van der Waals surface area contributed by atoms with Gasteiger partial charge in [0.25, 0.3) is 0 Å². The van der Waals surface area contributed by atoms with E-state index in [9.17, 15) is 4.79 Å². The second-order valence-electron chi connectivity index (χ2n) is 6.13. The van der Waals surface area contributed by atoms with Crippen molar-refractivity contribution in [3.05, 3.63) is 34.9 Å². The molecule has 2 aliphatic rings. The summed E-state index contributed by atoms with van der Waals surface area (Å²) in [6.07, 6.45) is 6.51. The van der Waals surface area contributed by atoms with Crippen molar-refractivity contribution in [2.24, 2.45) is 22.4 Å². The third kappa shape index (κ3) is 2.47. The number of rotatable bonds is 3. The van der Waals surface area contributed by atoms with Gasteiger partial charge in [0.1, 0.15) is 0 Å². The maximum Gasteiger partial charge on any atom is 0.244 e. The highest BCUT2D eigenvalue weighted by Gasteiger charge is 2.64. The van der Waals surface area contributed by atoms with Crippen LogP contribution in [-0.4, -0.2) is 12.1 Å². The lowest BCUT2D eigenvalue weighted by molar-refractivity contribution is -0.123. The van der Waals surface area contributed by atoms with Gasteiger partial charge in [-0.3, -0.25) is 4.79 Å². The molecule has 1 aromatic carbocycles. The Morgan fingerprint density at radius 3 is 3.05 bits per heavy atom. The summed E-state index contributed by atoms with van der Waals surface area (Å²) in [6.45, 7) is 2.24. The van der Waals surface area contributed by atoms with Gasteiger partial charge in [0.05, 0.1) is 6.21 Å². The standard InChI is InChI=1S/C16H19ClN2O/c1-16-8-3-2-7-13(16)14(16)15(20)19-18-10-11-5-4-6-12(17)9-11/h4-6,9-10,13-14H,2-3,7-8H2,1H3,(H,19,20)/b18-10-/t13-,14-,16+/m1/s1. The smallest absolute Gasteiger partial charge is 0.244 e. The minimum absolute atomic E-state index is 0.0673. The predicted molar refractivity (Wildman–Crippen MR) is 80.7 cm³/mol. The first-order chi connectivity index (χ1) is 9.61. The molecular weight excluding hydrogens is 272 g/mol. The van der Waals surface area contributed by atoms with Gasteiger partial charge in [-0.2, -0.15) is 5.10 Å². The van der Waals surface area contributed by atoms with Crippen LogP contribution in [0.15, 0.2) is 29.4 Å². The molecule has 3 nitrogen and oxygen atoms in total. The molecule has 0 heterocycles. The van der Waals surface area contributed by atoms with E-state index in [1.165, 1.54) is 25.7 Å². The zero-order valence-corrected chi connectivity index (χ0v) is 12.4. The normalized spacial score (nSPS) is 31.9. The number of nitrogens with one attached hydrogen (secondary N) is 1. The predicted octanol–water partition coefficient (Wildman–Crippen LogP) is 3.62. The van der Waals surface area contributed by atoms with Crippen molar-refractivity contribution in [2.75, 3.05) is 0 Å². The van der Waals surface area contributed by atoms with E-state index in [1.54, 1.807) is 6.21 Å². The fraction of sp³-hybridized carbons (Fsp3) is 0.500. The Balaban J connectivity index is 1.58. The number of halogens is 1. The maximum atomic E-state index is 12.2. The summed E-state index contributed by atoms with van der Waals surface area (Å²) in [6, 6.07) is 7.39. The number of carbonyl (C=O) groups is 1. The molecule has 3 atom stereocenters. The molecule has 0 spiro atoms. The number of nitrogens with zero attached hydrogens (tertiary/aromatic N) is 1.